The molecule has 0 heterocycles. The first-order chi connectivity index (χ1) is 5.11. The van der Waals surface area contributed by atoms with E-state index >= 15 is 0 Å². The zero-order valence-electron chi connectivity index (χ0n) is 7.13. The van der Waals surface area contributed by atoms with Gasteiger partial charge in [-0.3, -0.25) is 9.79 Å². The Hall–Kier alpha value is -1.12. The van der Waals surface area contributed by atoms with Crippen LogP contribution in [-0.2, 0) is 9.53 Å². The zero-order valence-corrected chi connectivity index (χ0v) is 7.13. The maximum Gasteiger partial charge on any atom is 0.303 e. The summed E-state index contributed by atoms with van der Waals surface area (Å²) in [6.45, 7) is 8.30. The second-order valence-electron chi connectivity index (χ2n) is 2.12. The van der Waals surface area contributed by atoms with Gasteiger partial charge in [-0.2, -0.15) is 0 Å². The molecule has 0 bridgehead atoms. The molecule has 0 aliphatic rings. The van der Waals surface area contributed by atoms with Crippen LogP contribution in [0.2, 0.25) is 0 Å². The van der Waals surface area contributed by atoms with Gasteiger partial charge in [-0.05, 0) is 20.6 Å². The minimum Gasteiger partial charge on any atom is -0.456 e. The molecule has 0 N–H and O–H groups in total. The van der Waals surface area contributed by atoms with Gasteiger partial charge in [0.05, 0.1) is 5.70 Å². The van der Waals surface area contributed by atoms with Crippen LogP contribution in [0.5, 0.6) is 0 Å². The molecule has 0 radical (unpaired) electrons. The summed E-state index contributed by atoms with van der Waals surface area (Å²) in [4.78, 5) is 14.2. The van der Waals surface area contributed by atoms with Gasteiger partial charge in [0.1, 0.15) is 6.10 Å². The smallest absolute Gasteiger partial charge is 0.303 e. The third kappa shape index (κ3) is 3.55. The Kier molecular flexibility index (Phi) is 4.18. The molecule has 3 nitrogen and oxygen atoms in total. The van der Waals surface area contributed by atoms with E-state index in [-0.39, 0.29) is 12.1 Å². The summed E-state index contributed by atoms with van der Waals surface area (Å²) in [5.74, 6) is -0.305. The molecule has 0 aromatic heterocycles. The number of nitrogens with zero attached hydrogens (tertiary/aromatic N) is 1. The number of hydrogen-bond acceptors (Lipinski definition) is 3. The third-order valence-corrected chi connectivity index (χ3v) is 1.24. The summed E-state index contributed by atoms with van der Waals surface area (Å²) in [6.07, 6.45) is 1.47. The average Bonchev–Trinajstić information content (AvgIpc) is 1.88. The van der Waals surface area contributed by atoms with Crippen molar-refractivity contribution in [2.24, 2.45) is 4.99 Å². The molecule has 0 rings (SSSR count). The van der Waals surface area contributed by atoms with Gasteiger partial charge in [0.2, 0.25) is 0 Å². The van der Waals surface area contributed by atoms with E-state index in [1.165, 1.54) is 6.92 Å². The molecular weight excluding hydrogens is 142 g/mol. The maximum absolute atomic E-state index is 10.5. The van der Waals surface area contributed by atoms with Crippen molar-refractivity contribution < 1.29 is 9.53 Å². The largest absolute Gasteiger partial charge is 0.456 e. The van der Waals surface area contributed by atoms with Gasteiger partial charge in [0, 0.05) is 6.92 Å². The highest BCUT2D eigenvalue weighted by Gasteiger charge is 2.08. The van der Waals surface area contributed by atoms with Gasteiger partial charge in [-0.25, -0.2) is 0 Å². The van der Waals surface area contributed by atoms with Crippen molar-refractivity contribution in [2.75, 3.05) is 0 Å². The Balaban J connectivity index is 4.11. The molecule has 3 heteroatoms. The van der Waals surface area contributed by atoms with Crippen LogP contribution < -0.4 is 0 Å². The minimum absolute atomic E-state index is 0.296. The van der Waals surface area contributed by atoms with Crippen LogP contribution in [0.25, 0.3) is 0 Å². The van der Waals surface area contributed by atoms with E-state index in [1.807, 2.05) is 6.92 Å². The van der Waals surface area contributed by atoms with Crippen molar-refractivity contribution in [1.29, 1.82) is 0 Å². The van der Waals surface area contributed by atoms with Crippen molar-refractivity contribution in [2.45, 2.75) is 26.9 Å². The lowest BCUT2D eigenvalue weighted by molar-refractivity contribution is -0.143. The summed E-state index contributed by atoms with van der Waals surface area (Å²) in [5.41, 5.74) is 0.681. The molecule has 0 spiro atoms. The number of allylic oxidation sites excluding steroid dienone is 1. The van der Waals surface area contributed by atoms with Crippen molar-refractivity contribution >= 4 is 12.7 Å². The lowest BCUT2D eigenvalue weighted by atomic mass is 10.3. The molecule has 0 aromatic carbocycles. The van der Waals surface area contributed by atoms with Gasteiger partial charge in [-0.1, -0.05) is 6.08 Å². The van der Waals surface area contributed by atoms with Gasteiger partial charge < -0.3 is 4.74 Å². The fourth-order valence-electron chi connectivity index (χ4n) is 0.764. The minimum atomic E-state index is -0.305. The lowest BCUT2D eigenvalue weighted by Crippen LogP contribution is -2.13. The van der Waals surface area contributed by atoms with Crippen LogP contribution >= 0.6 is 0 Å². The van der Waals surface area contributed by atoms with E-state index < -0.39 is 0 Å². The Labute approximate surface area is 66.8 Å². The molecule has 0 saturated heterocycles. The normalized spacial score (nSPS) is 13.9. The molecule has 0 aliphatic heterocycles. The summed E-state index contributed by atoms with van der Waals surface area (Å²) in [5, 5.41) is 0. The van der Waals surface area contributed by atoms with E-state index in [0.29, 0.717) is 5.70 Å². The van der Waals surface area contributed by atoms with Crippen molar-refractivity contribution in [3.05, 3.63) is 11.8 Å². The molecule has 1 unspecified atom stereocenters. The topological polar surface area (TPSA) is 38.7 Å². The van der Waals surface area contributed by atoms with Gasteiger partial charge in [0.25, 0.3) is 0 Å². The van der Waals surface area contributed by atoms with Gasteiger partial charge >= 0.3 is 5.97 Å². The summed E-state index contributed by atoms with van der Waals surface area (Å²) >= 11 is 0. The number of hydrogen-bond donors (Lipinski definition) is 0. The number of rotatable bonds is 3. The molecule has 0 saturated carbocycles. The zero-order chi connectivity index (χ0) is 8.85. The van der Waals surface area contributed by atoms with E-state index in [9.17, 15) is 4.79 Å². The van der Waals surface area contributed by atoms with Crippen molar-refractivity contribution in [3.63, 3.8) is 0 Å². The Morgan fingerprint density at radius 2 is 2.27 bits per heavy atom. The second-order valence-corrected chi connectivity index (χ2v) is 2.12. The van der Waals surface area contributed by atoms with Crippen LogP contribution in [0.3, 0.4) is 0 Å². The quantitative estimate of drug-likeness (QED) is 0.458. The number of esters is 1. The molecular formula is C8H13NO2. The van der Waals surface area contributed by atoms with E-state index in [0.717, 1.165) is 0 Å². The van der Waals surface area contributed by atoms with Crippen LogP contribution in [0.15, 0.2) is 16.8 Å². The molecule has 11 heavy (non-hydrogen) atoms. The Morgan fingerprint density at radius 1 is 1.73 bits per heavy atom. The average molecular weight is 155 g/mol. The van der Waals surface area contributed by atoms with Crippen molar-refractivity contribution in [1.82, 2.24) is 0 Å². The fourth-order valence-corrected chi connectivity index (χ4v) is 0.764. The number of carbonyl (C=O) groups excluding carboxylic acids is 1. The van der Waals surface area contributed by atoms with E-state index in [2.05, 4.69) is 11.7 Å². The highest BCUT2D eigenvalue weighted by atomic mass is 16.5. The monoisotopic (exact) mass is 155 g/mol. The predicted octanol–water partition coefficient (Wildman–Crippen LogP) is 1.54. The third-order valence-electron chi connectivity index (χ3n) is 1.24. The highest BCUT2D eigenvalue weighted by molar-refractivity contribution is 5.66. The second kappa shape index (κ2) is 4.66. The van der Waals surface area contributed by atoms with E-state index in [4.69, 9.17) is 4.74 Å². The molecule has 1 atom stereocenters. The Bertz CT molecular complexity index is 185. The van der Waals surface area contributed by atoms with Crippen LogP contribution in [-0.4, -0.2) is 18.8 Å². The first kappa shape index (κ1) is 9.88. The molecule has 0 aliphatic carbocycles. The number of aliphatic imine (C=N–C) groups is 1. The summed E-state index contributed by atoms with van der Waals surface area (Å²) in [7, 11) is 0. The molecule has 0 amide bonds. The predicted molar refractivity (Wildman–Crippen MR) is 44.5 cm³/mol. The Morgan fingerprint density at radius 3 is 2.55 bits per heavy atom. The van der Waals surface area contributed by atoms with Gasteiger partial charge in [-0.15, -0.1) is 0 Å². The van der Waals surface area contributed by atoms with Crippen molar-refractivity contribution in [3.8, 4) is 0 Å². The number of ether oxygens (including phenoxy) is 1. The first-order valence-electron chi connectivity index (χ1n) is 3.42. The molecule has 62 valence electrons. The fraction of sp³-hybridized carbons (Fsp3) is 0.500. The first-order valence-corrected chi connectivity index (χ1v) is 3.42. The number of carbonyl (C=O) groups is 1. The highest BCUT2D eigenvalue weighted by Crippen LogP contribution is 2.06. The lowest BCUT2D eigenvalue weighted by Gasteiger charge is -2.10. The van der Waals surface area contributed by atoms with Crippen LogP contribution in [0.1, 0.15) is 20.8 Å². The van der Waals surface area contributed by atoms with Crippen LogP contribution in [0, 0.1) is 0 Å². The standard InChI is InChI=1S/C8H13NO2/c1-5-8(9-4)6(2)11-7(3)10/h5-6H,4H2,1-3H3/b8-5-. The molecule has 0 fully saturated rings. The maximum atomic E-state index is 10.5. The van der Waals surface area contributed by atoms with Gasteiger partial charge in [0.15, 0.2) is 0 Å². The van der Waals surface area contributed by atoms with Crippen LogP contribution in [0.4, 0.5) is 0 Å². The van der Waals surface area contributed by atoms with E-state index in [1.54, 1.807) is 13.0 Å². The summed E-state index contributed by atoms with van der Waals surface area (Å²) < 4.78 is 4.85. The SMILES string of the molecule is C=N/C(=C\C)C(C)OC(C)=O. The molecule has 0 aromatic rings. The summed E-state index contributed by atoms with van der Waals surface area (Å²) in [6, 6.07) is 0.